The van der Waals surface area contributed by atoms with Crippen molar-refractivity contribution in [3.05, 3.63) is 94.8 Å². The van der Waals surface area contributed by atoms with Crippen molar-refractivity contribution in [2.45, 2.75) is 13.2 Å². The van der Waals surface area contributed by atoms with Gasteiger partial charge in [0.15, 0.2) is 11.6 Å². The van der Waals surface area contributed by atoms with Gasteiger partial charge >= 0.3 is 0 Å². The van der Waals surface area contributed by atoms with Gasteiger partial charge in [-0.2, -0.15) is 5.10 Å². The third-order valence-corrected chi connectivity index (χ3v) is 4.94. The van der Waals surface area contributed by atoms with Crippen LogP contribution in [0.3, 0.4) is 0 Å². The fourth-order valence-electron chi connectivity index (χ4n) is 2.94. The molecule has 9 heteroatoms. The third kappa shape index (κ3) is 5.09. The Kier molecular flexibility index (Phi) is 6.42. The molecule has 0 spiro atoms. The van der Waals surface area contributed by atoms with Crippen molar-refractivity contribution in [1.29, 1.82) is 0 Å². The van der Waals surface area contributed by atoms with Crippen LogP contribution in [0.25, 0.3) is 0 Å². The average Bonchev–Trinajstić information content (AvgIpc) is 3.45. The molecule has 0 saturated carbocycles. The maximum Gasteiger partial charge on any atom is 0.292 e. The van der Waals surface area contributed by atoms with E-state index in [-0.39, 0.29) is 18.9 Å². The van der Waals surface area contributed by atoms with E-state index >= 15 is 0 Å². The van der Waals surface area contributed by atoms with E-state index < -0.39 is 11.7 Å². The molecule has 0 bridgehead atoms. The molecule has 2 aromatic carbocycles. The second-order valence-corrected chi connectivity index (χ2v) is 7.19. The Morgan fingerprint density at radius 1 is 1.12 bits per heavy atom. The number of nitrogens with one attached hydrogen (secondary N) is 1. The minimum absolute atomic E-state index is 0.116. The van der Waals surface area contributed by atoms with Gasteiger partial charge in [-0.05, 0) is 48.5 Å². The van der Waals surface area contributed by atoms with Gasteiger partial charge < -0.3 is 19.2 Å². The van der Waals surface area contributed by atoms with Crippen LogP contribution in [-0.4, -0.2) is 22.8 Å². The lowest BCUT2D eigenvalue weighted by Crippen LogP contribution is -2.12. The molecule has 0 aliphatic heterocycles. The normalized spacial score (nSPS) is 10.7. The fraction of sp³-hybridized carbons (Fsp3) is 0.130. The Hall–Kier alpha value is -3.78. The Morgan fingerprint density at radius 2 is 1.91 bits per heavy atom. The number of amides is 1. The number of halogens is 2. The molecule has 0 unspecified atom stereocenters. The number of hydrogen-bond acceptors (Lipinski definition) is 5. The van der Waals surface area contributed by atoms with Crippen LogP contribution >= 0.6 is 11.6 Å². The zero-order chi connectivity index (χ0) is 22.5. The van der Waals surface area contributed by atoms with Crippen molar-refractivity contribution in [1.82, 2.24) is 9.78 Å². The quantitative estimate of drug-likeness (QED) is 0.397. The van der Waals surface area contributed by atoms with Crippen LogP contribution in [0.15, 0.2) is 71.3 Å². The van der Waals surface area contributed by atoms with E-state index in [0.29, 0.717) is 27.9 Å². The summed E-state index contributed by atoms with van der Waals surface area (Å²) in [6, 6.07) is 16.4. The summed E-state index contributed by atoms with van der Waals surface area (Å²) < 4.78 is 31.7. The van der Waals surface area contributed by atoms with Crippen molar-refractivity contribution in [3.63, 3.8) is 0 Å². The summed E-state index contributed by atoms with van der Waals surface area (Å²) in [4.78, 5) is 12.5. The summed E-state index contributed by atoms with van der Waals surface area (Å²) in [6.07, 6.45) is 1.62. The second kappa shape index (κ2) is 9.57. The topological polar surface area (TPSA) is 78.5 Å². The number of carbonyl (C=O) groups excluding carboxylic acids is 1. The predicted octanol–water partition coefficient (Wildman–Crippen LogP) is 5.16. The van der Waals surface area contributed by atoms with E-state index in [1.807, 2.05) is 0 Å². The highest BCUT2D eigenvalue weighted by atomic mass is 35.5. The number of benzene rings is 2. The summed E-state index contributed by atoms with van der Waals surface area (Å²) in [7, 11) is 1.59. The molecule has 2 aromatic heterocycles. The molecule has 0 saturated heterocycles. The number of anilines is 1. The molecule has 7 nitrogen and oxygen atoms in total. The number of methoxy groups -OCH3 is 1. The van der Waals surface area contributed by atoms with E-state index in [2.05, 4.69) is 10.4 Å². The number of furan rings is 1. The Bertz CT molecular complexity index is 1200. The lowest BCUT2D eigenvalue weighted by Gasteiger charge is -2.06. The first-order chi connectivity index (χ1) is 15.5. The first-order valence-corrected chi connectivity index (χ1v) is 10.0. The molecule has 32 heavy (non-hydrogen) atoms. The number of nitrogens with zero attached hydrogens (tertiary/aromatic N) is 2. The number of ether oxygens (including phenoxy) is 2. The summed E-state index contributed by atoms with van der Waals surface area (Å²) in [5.41, 5.74) is 0.322. The summed E-state index contributed by atoms with van der Waals surface area (Å²) in [5.74, 6) is 1.40. The van der Waals surface area contributed by atoms with Crippen LogP contribution in [0.5, 0.6) is 11.5 Å². The lowest BCUT2D eigenvalue weighted by molar-refractivity contribution is 0.0992. The van der Waals surface area contributed by atoms with Gasteiger partial charge in [0.2, 0.25) is 0 Å². The first-order valence-electron chi connectivity index (χ1n) is 9.65. The van der Waals surface area contributed by atoms with Crippen molar-refractivity contribution in [2.75, 3.05) is 12.4 Å². The Balaban J connectivity index is 1.34. The van der Waals surface area contributed by atoms with Crippen molar-refractivity contribution in [3.8, 4) is 11.5 Å². The zero-order valence-corrected chi connectivity index (χ0v) is 17.8. The van der Waals surface area contributed by atoms with Crippen LogP contribution in [0.2, 0.25) is 5.02 Å². The van der Waals surface area contributed by atoms with Gasteiger partial charge in [0.1, 0.15) is 29.7 Å². The largest absolute Gasteiger partial charge is 0.497 e. The number of carbonyl (C=O) groups is 1. The van der Waals surface area contributed by atoms with Crippen LogP contribution in [0.4, 0.5) is 10.2 Å². The molecule has 4 rings (SSSR count). The van der Waals surface area contributed by atoms with Gasteiger partial charge in [-0.15, -0.1) is 0 Å². The maximum absolute atomic E-state index is 14.0. The first kappa shape index (κ1) is 21.5. The van der Waals surface area contributed by atoms with Gasteiger partial charge in [0, 0.05) is 22.8 Å². The van der Waals surface area contributed by atoms with Crippen LogP contribution in [-0.2, 0) is 13.2 Å². The highest BCUT2D eigenvalue weighted by Crippen LogP contribution is 2.21. The lowest BCUT2D eigenvalue weighted by atomic mass is 10.2. The molecule has 0 aliphatic rings. The average molecular weight is 456 g/mol. The molecule has 0 aliphatic carbocycles. The molecule has 4 aromatic rings. The number of hydrogen-bond donors (Lipinski definition) is 1. The zero-order valence-electron chi connectivity index (χ0n) is 17.0. The molecule has 2 heterocycles. The molecule has 1 N–H and O–H groups in total. The van der Waals surface area contributed by atoms with Crippen LogP contribution < -0.4 is 14.8 Å². The molecule has 0 atom stereocenters. The van der Waals surface area contributed by atoms with Crippen LogP contribution in [0, 0.1) is 5.82 Å². The van der Waals surface area contributed by atoms with E-state index in [4.69, 9.17) is 25.5 Å². The van der Waals surface area contributed by atoms with E-state index in [0.717, 1.165) is 5.75 Å². The van der Waals surface area contributed by atoms with E-state index in [9.17, 15) is 9.18 Å². The van der Waals surface area contributed by atoms with Gasteiger partial charge in [0.05, 0.1) is 13.7 Å². The fourth-order valence-corrected chi connectivity index (χ4v) is 3.17. The van der Waals surface area contributed by atoms with Crippen molar-refractivity contribution < 1.29 is 23.1 Å². The minimum Gasteiger partial charge on any atom is -0.497 e. The minimum atomic E-state index is -0.463. The standard InChI is InChI=1S/C23H19ClFN3O4/c1-30-15-5-7-16(8-6-15)31-14-17-9-10-21(32-17)23(29)26-22-11-12-28(27-22)13-18-19(24)3-2-4-20(18)25/h2-12H,13-14H2,1H3,(H,26,27,29). The number of rotatable bonds is 8. The van der Waals surface area contributed by atoms with E-state index in [1.165, 1.54) is 16.8 Å². The van der Waals surface area contributed by atoms with Crippen LogP contribution in [0.1, 0.15) is 21.9 Å². The molecular formula is C23H19ClFN3O4. The molecule has 0 radical (unpaired) electrons. The van der Waals surface area contributed by atoms with Gasteiger partial charge in [-0.25, -0.2) is 4.39 Å². The summed E-state index contributed by atoms with van der Waals surface area (Å²) >= 11 is 6.05. The highest BCUT2D eigenvalue weighted by molar-refractivity contribution is 6.31. The highest BCUT2D eigenvalue weighted by Gasteiger charge is 2.14. The molecule has 1 amide bonds. The van der Waals surface area contributed by atoms with Crippen molar-refractivity contribution >= 4 is 23.3 Å². The Labute approximate surface area is 188 Å². The second-order valence-electron chi connectivity index (χ2n) is 6.78. The Morgan fingerprint density at radius 3 is 2.66 bits per heavy atom. The van der Waals surface area contributed by atoms with Crippen molar-refractivity contribution in [2.24, 2.45) is 0 Å². The SMILES string of the molecule is COc1ccc(OCc2ccc(C(=O)Nc3ccn(Cc4c(F)cccc4Cl)n3)o2)cc1. The predicted molar refractivity (Wildman–Crippen MR) is 117 cm³/mol. The van der Waals surface area contributed by atoms with E-state index in [1.54, 1.807) is 61.8 Å². The van der Waals surface area contributed by atoms with Gasteiger partial charge in [0.25, 0.3) is 5.91 Å². The third-order valence-electron chi connectivity index (χ3n) is 4.59. The monoisotopic (exact) mass is 455 g/mol. The summed E-state index contributed by atoms with van der Waals surface area (Å²) in [6.45, 7) is 0.298. The van der Waals surface area contributed by atoms with Gasteiger partial charge in [-0.1, -0.05) is 17.7 Å². The number of aromatic nitrogens is 2. The summed E-state index contributed by atoms with van der Waals surface area (Å²) in [5, 5.41) is 7.19. The maximum atomic E-state index is 14.0. The smallest absolute Gasteiger partial charge is 0.292 e. The molecular weight excluding hydrogens is 437 g/mol. The molecule has 164 valence electrons. The molecule has 0 fully saturated rings. The van der Waals surface area contributed by atoms with Gasteiger partial charge in [-0.3, -0.25) is 9.48 Å².